The number of rotatable bonds is 11. The van der Waals surface area contributed by atoms with E-state index >= 15 is 0 Å². The lowest BCUT2D eigenvalue weighted by molar-refractivity contribution is -0.140. The molecule has 1 unspecified atom stereocenters. The monoisotopic (exact) mass is 453 g/mol. The SMILES string of the molecule is CCCOc1cccc(C(O)=C2C(=O)C(=O)N(CCCOC)C2c2ccc(OCC)cc2)c1. The molecule has 1 heterocycles. The third-order valence-electron chi connectivity index (χ3n) is 5.37. The molecule has 1 aliphatic heterocycles. The van der Waals surface area contributed by atoms with E-state index in [1.54, 1.807) is 43.5 Å². The van der Waals surface area contributed by atoms with Gasteiger partial charge in [0.2, 0.25) is 0 Å². The van der Waals surface area contributed by atoms with E-state index in [1.165, 1.54) is 4.90 Å². The minimum Gasteiger partial charge on any atom is -0.507 e. The molecule has 33 heavy (non-hydrogen) atoms. The Balaban J connectivity index is 2.06. The molecule has 3 rings (SSSR count). The molecular weight excluding hydrogens is 422 g/mol. The number of aliphatic hydroxyl groups excluding tert-OH is 1. The van der Waals surface area contributed by atoms with Gasteiger partial charge in [0.05, 0.1) is 24.8 Å². The normalized spacial score (nSPS) is 17.4. The number of methoxy groups -OCH3 is 1. The summed E-state index contributed by atoms with van der Waals surface area (Å²) in [4.78, 5) is 27.5. The van der Waals surface area contributed by atoms with Crippen LogP contribution in [0.5, 0.6) is 11.5 Å². The maximum Gasteiger partial charge on any atom is 0.295 e. The van der Waals surface area contributed by atoms with Gasteiger partial charge in [0, 0.05) is 25.8 Å². The molecule has 0 aromatic heterocycles. The average molecular weight is 454 g/mol. The number of aliphatic hydroxyl groups is 1. The van der Waals surface area contributed by atoms with Gasteiger partial charge in [-0.2, -0.15) is 0 Å². The van der Waals surface area contributed by atoms with Crippen molar-refractivity contribution in [2.75, 3.05) is 33.5 Å². The summed E-state index contributed by atoms with van der Waals surface area (Å²) in [5.74, 6) is -0.275. The van der Waals surface area contributed by atoms with Gasteiger partial charge in [0.15, 0.2) is 0 Å². The van der Waals surface area contributed by atoms with Crippen LogP contribution in [0.4, 0.5) is 0 Å². The van der Waals surface area contributed by atoms with Crippen molar-refractivity contribution in [2.45, 2.75) is 32.7 Å². The van der Waals surface area contributed by atoms with Gasteiger partial charge in [-0.25, -0.2) is 0 Å². The van der Waals surface area contributed by atoms with Gasteiger partial charge in [-0.3, -0.25) is 9.59 Å². The number of carbonyl (C=O) groups excluding carboxylic acids is 2. The van der Waals surface area contributed by atoms with Crippen LogP contribution in [0.25, 0.3) is 5.76 Å². The topological polar surface area (TPSA) is 85.3 Å². The van der Waals surface area contributed by atoms with Crippen LogP contribution >= 0.6 is 0 Å². The lowest BCUT2D eigenvalue weighted by Gasteiger charge is -2.25. The summed E-state index contributed by atoms with van der Waals surface area (Å²) in [6, 6.07) is 13.4. The Kier molecular flexibility index (Phi) is 8.49. The first-order valence-corrected chi connectivity index (χ1v) is 11.2. The molecule has 1 N–H and O–H groups in total. The summed E-state index contributed by atoms with van der Waals surface area (Å²) in [5, 5.41) is 11.2. The number of benzene rings is 2. The Hall–Kier alpha value is -3.32. The summed E-state index contributed by atoms with van der Waals surface area (Å²) in [5.41, 5.74) is 1.21. The molecular formula is C26H31NO6. The second-order valence-electron chi connectivity index (χ2n) is 7.72. The Bertz CT molecular complexity index is 998. The van der Waals surface area contributed by atoms with E-state index in [2.05, 4.69) is 0 Å². The first-order valence-electron chi connectivity index (χ1n) is 11.2. The van der Waals surface area contributed by atoms with Crippen LogP contribution in [0.1, 0.15) is 43.9 Å². The van der Waals surface area contributed by atoms with Crippen molar-refractivity contribution >= 4 is 17.4 Å². The summed E-state index contributed by atoms with van der Waals surface area (Å²) < 4.78 is 16.3. The zero-order chi connectivity index (χ0) is 23.8. The molecule has 1 saturated heterocycles. The van der Waals surface area contributed by atoms with Crippen LogP contribution < -0.4 is 9.47 Å². The maximum atomic E-state index is 13.1. The Morgan fingerprint density at radius 3 is 2.42 bits per heavy atom. The molecule has 1 atom stereocenters. The highest BCUT2D eigenvalue weighted by atomic mass is 16.5. The molecule has 176 valence electrons. The number of nitrogens with zero attached hydrogens (tertiary/aromatic N) is 1. The zero-order valence-electron chi connectivity index (χ0n) is 19.4. The van der Waals surface area contributed by atoms with Gasteiger partial charge in [-0.15, -0.1) is 0 Å². The van der Waals surface area contributed by atoms with Crippen LogP contribution in [0.15, 0.2) is 54.1 Å². The van der Waals surface area contributed by atoms with E-state index in [0.29, 0.717) is 49.8 Å². The van der Waals surface area contributed by atoms with Crippen molar-refractivity contribution in [1.82, 2.24) is 4.90 Å². The molecule has 2 aromatic carbocycles. The zero-order valence-corrected chi connectivity index (χ0v) is 19.4. The molecule has 7 nitrogen and oxygen atoms in total. The predicted octanol–water partition coefficient (Wildman–Crippen LogP) is 4.33. The summed E-state index contributed by atoms with van der Waals surface area (Å²) >= 11 is 0. The molecule has 1 amide bonds. The molecule has 2 aromatic rings. The maximum absolute atomic E-state index is 13.1. The Morgan fingerprint density at radius 2 is 1.76 bits per heavy atom. The van der Waals surface area contributed by atoms with E-state index in [0.717, 1.165) is 12.0 Å². The highest BCUT2D eigenvalue weighted by molar-refractivity contribution is 6.46. The number of ketones is 1. The number of likely N-dealkylation sites (tertiary alicyclic amines) is 1. The molecule has 0 aliphatic carbocycles. The van der Waals surface area contributed by atoms with E-state index < -0.39 is 17.7 Å². The molecule has 1 fully saturated rings. The average Bonchev–Trinajstić information content (AvgIpc) is 3.08. The van der Waals surface area contributed by atoms with Crippen molar-refractivity contribution in [3.05, 3.63) is 65.2 Å². The summed E-state index contributed by atoms with van der Waals surface area (Å²) in [6.07, 6.45) is 1.41. The van der Waals surface area contributed by atoms with Crippen LogP contribution in [0, 0.1) is 0 Å². The fraction of sp³-hybridized carbons (Fsp3) is 0.385. The minimum absolute atomic E-state index is 0.0641. The Morgan fingerprint density at radius 1 is 1.00 bits per heavy atom. The molecule has 1 aliphatic rings. The van der Waals surface area contributed by atoms with Crippen LogP contribution in [0.3, 0.4) is 0 Å². The van der Waals surface area contributed by atoms with Crippen LogP contribution in [0.2, 0.25) is 0 Å². The predicted molar refractivity (Wildman–Crippen MR) is 125 cm³/mol. The minimum atomic E-state index is -0.710. The largest absolute Gasteiger partial charge is 0.507 e. The van der Waals surface area contributed by atoms with Gasteiger partial charge in [0.25, 0.3) is 11.7 Å². The molecule has 7 heteroatoms. The standard InChI is InChI=1S/C26H31NO6/c1-4-15-33-21-9-6-8-19(17-21)24(28)22-23(18-10-12-20(13-11-18)32-5-2)27(14-7-16-31-3)26(30)25(22)29/h6,8-13,17,23,28H,4-5,7,14-16H2,1-3H3. The van der Waals surface area contributed by atoms with Crippen LogP contribution in [-0.4, -0.2) is 55.2 Å². The van der Waals surface area contributed by atoms with E-state index in [-0.39, 0.29) is 11.3 Å². The van der Waals surface area contributed by atoms with Gasteiger partial charge in [0.1, 0.15) is 17.3 Å². The fourth-order valence-corrected chi connectivity index (χ4v) is 3.86. The number of amides is 1. The van der Waals surface area contributed by atoms with Crippen LogP contribution in [-0.2, 0) is 14.3 Å². The quantitative estimate of drug-likeness (QED) is 0.236. The molecule has 0 saturated carbocycles. The van der Waals surface area contributed by atoms with E-state index in [9.17, 15) is 14.7 Å². The van der Waals surface area contributed by atoms with Gasteiger partial charge >= 0.3 is 0 Å². The molecule has 0 radical (unpaired) electrons. The van der Waals surface area contributed by atoms with Gasteiger partial charge in [-0.05, 0) is 49.6 Å². The fourth-order valence-electron chi connectivity index (χ4n) is 3.86. The number of hydrogen-bond donors (Lipinski definition) is 1. The number of ether oxygens (including phenoxy) is 3. The van der Waals surface area contributed by atoms with E-state index in [1.807, 2.05) is 26.0 Å². The van der Waals surface area contributed by atoms with E-state index in [4.69, 9.17) is 14.2 Å². The van der Waals surface area contributed by atoms with Crippen molar-refractivity contribution < 1.29 is 28.9 Å². The van der Waals surface area contributed by atoms with Crippen molar-refractivity contribution in [1.29, 1.82) is 0 Å². The summed E-state index contributed by atoms with van der Waals surface area (Å²) in [7, 11) is 1.59. The second-order valence-corrected chi connectivity index (χ2v) is 7.72. The lowest BCUT2D eigenvalue weighted by Crippen LogP contribution is -2.31. The third-order valence-corrected chi connectivity index (χ3v) is 5.37. The first-order chi connectivity index (χ1) is 16.0. The number of hydrogen-bond acceptors (Lipinski definition) is 6. The highest BCUT2D eigenvalue weighted by Gasteiger charge is 2.45. The van der Waals surface area contributed by atoms with Crippen molar-refractivity contribution in [2.24, 2.45) is 0 Å². The first kappa shape index (κ1) is 24.3. The Labute approximate surface area is 194 Å². The summed E-state index contributed by atoms with van der Waals surface area (Å²) in [6.45, 7) is 5.76. The van der Waals surface area contributed by atoms with Gasteiger partial charge < -0.3 is 24.2 Å². The smallest absolute Gasteiger partial charge is 0.295 e. The van der Waals surface area contributed by atoms with Crippen molar-refractivity contribution in [3.8, 4) is 11.5 Å². The number of Topliss-reactive ketones (excluding diaryl/α,β-unsaturated/α-hetero) is 1. The number of carbonyl (C=O) groups is 2. The molecule has 0 spiro atoms. The second kappa shape index (κ2) is 11.5. The highest BCUT2D eigenvalue weighted by Crippen LogP contribution is 2.40. The lowest BCUT2D eigenvalue weighted by atomic mass is 9.95. The molecule has 0 bridgehead atoms. The van der Waals surface area contributed by atoms with Crippen molar-refractivity contribution in [3.63, 3.8) is 0 Å². The van der Waals surface area contributed by atoms with Gasteiger partial charge in [-0.1, -0.05) is 31.2 Å². The third kappa shape index (κ3) is 5.54.